The number of nitrogens with zero attached hydrogens (tertiary/aromatic N) is 5. The molecule has 0 aliphatic heterocycles. The van der Waals surface area contributed by atoms with Crippen molar-refractivity contribution in [1.82, 2.24) is 24.1 Å². The fraction of sp³-hybridized carbons (Fsp3) is 0.250. The van der Waals surface area contributed by atoms with Crippen molar-refractivity contribution < 1.29 is 13.2 Å². The molecule has 1 aromatic carbocycles. The van der Waals surface area contributed by atoms with Crippen molar-refractivity contribution in [3.8, 4) is 11.4 Å². The van der Waals surface area contributed by atoms with Crippen molar-refractivity contribution >= 4 is 22.8 Å². The van der Waals surface area contributed by atoms with E-state index in [4.69, 9.17) is 11.6 Å². The van der Waals surface area contributed by atoms with Gasteiger partial charge in [0.05, 0.1) is 12.1 Å². The molecule has 29 heavy (non-hydrogen) atoms. The van der Waals surface area contributed by atoms with Gasteiger partial charge in [-0.25, -0.2) is 15.0 Å². The van der Waals surface area contributed by atoms with Gasteiger partial charge < -0.3 is 9.13 Å². The number of hydrogen-bond acceptors (Lipinski definition) is 3. The Morgan fingerprint density at radius 2 is 1.93 bits per heavy atom. The van der Waals surface area contributed by atoms with E-state index in [1.54, 1.807) is 29.1 Å². The molecule has 5 nitrogen and oxygen atoms in total. The topological polar surface area (TPSA) is 48.5 Å². The third-order valence-corrected chi connectivity index (χ3v) is 4.77. The molecular weight excluding hydrogens is 403 g/mol. The highest BCUT2D eigenvalue weighted by Crippen LogP contribution is 2.32. The predicted molar refractivity (Wildman–Crippen MR) is 105 cm³/mol. The van der Waals surface area contributed by atoms with Gasteiger partial charge in [0.2, 0.25) is 0 Å². The molecule has 150 valence electrons. The summed E-state index contributed by atoms with van der Waals surface area (Å²) in [5.41, 5.74) is 1.10. The smallest absolute Gasteiger partial charge is 0.323 e. The minimum Gasteiger partial charge on any atom is -0.323 e. The highest BCUT2D eigenvalue weighted by atomic mass is 35.5. The number of aryl methyl sites for hydroxylation is 1. The van der Waals surface area contributed by atoms with Crippen LogP contribution in [-0.4, -0.2) is 24.1 Å². The Hall–Kier alpha value is -2.87. The monoisotopic (exact) mass is 419 g/mol. The van der Waals surface area contributed by atoms with Crippen molar-refractivity contribution in [3.05, 3.63) is 65.3 Å². The summed E-state index contributed by atoms with van der Waals surface area (Å²) in [6.07, 6.45) is -0.242. The van der Waals surface area contributed by atoms with Crippen LogP contribution in [0.2, 0.25) is 5.15 Å². The van der Waals surface area contributed by atoms with Crippen LogP contribution in [0.5, 0.6) is 0 Å². The van der Waals surface area contributed by atoms with Crippen molar-refractivity contribution in [3.63, 3.8) is 0 Å². The molecule has 0 amide bonds. The van der Waals surface area contributed by atoms with E-state index in [0.717, 1.165) is 29.9 Å². The molecule has 0 aliphatic carbocycles. The number of fused-ring (bicyclic) bond motifs is 1. The molecule has 0 aliphatic rings. The summed E-state index contributed by atoms with van der Waals surface area (Å²) in [5, 5.41) is 0.383. The van der Waals surface area contributed by atoms with Gasteiger partial charge in [0.25, 0.3) is 0 Å². The Morgan fingerprint density at radius 1 is 1.10 bits per heavy atom. The van der Waals surface area contributed by atoms with Gasteiger partial charge in [0.15, 0.2) is 5.65 Å². The van der Waals surface area contributed by atoms with Gasteiger partial charge in [0, 0.05) is 24.5 Å². The summed E-state index contributed by atoms with van der Waals surface area (Å²) in [6, 6.07) is 8.64. The van der Waals surface area contributed by atoms with Crippen LogP contribution in [-0.2, 0) is 19.3 Å². The van der Waals surface area contributed by atoms with Gasteiger partial charge in [-0.3, -0.25) is 0 Å². The molecule has 0 N–H and O–H groups in total. The highest BCUT2D eigenvalue weighted by Gasteiger charge is 2.30. The second kappa shape index (κ2) is 7.51. The SMILES string of the molecule is CCCn1c(Cn2ccnc2-c2cccc(C(F)(F)F)c2)nc2ccc(Cl)nc21. The van der Waals surface area contributed by atoms with E-state index < -0.39 is 11.7 Å². The highest BCUT2D eigenvalue weighted by molar-refractivity contribution is 6.29. The Balaban J connectivity index is 1.75. The minimum atomic E-state index is -4.41. The maximum Gasteiger partial charge on any atom is 0.416 e. The number of benzene rings is 1. The van der Waals surface area contributed by atoms with Crippen LogP contribution in [0.4, 0.5) is 13.2 Å². The summed E-state index contributed by atoms with van der Waals surface area (Å²) in [7, 11) is 0. The Kier molecular flexibility index (Phi) is 5.04. The number of hydrogen-bond donors (Lipinski definition) is 0. The molecule has 0 bridgehead atoms. The van der Waals surface area contributed by atoms with E-state index in [1.165, 1.54) is 6.07 Å². The van der Waals surface area contributed by atoms with Crippen LogP contribution < -0.4 is 0 Å². The largest absolute Gasteiger partial charge is 0.416 e. The first kappa shape index (κ1) is 19.4. The molecule has 0 unspecified atom stereocenters. The minimum absolute atomic E-state index is 0.347. The lowest BCUT2D eigenvalue weighted by molar-refractivity contribution is -0.137. The van der Waals surface area contributed by atoms with Crippen LogP contribution in [0.15, 0.2) is 48.8 Å². The average Bonchev–Trinajstić information content (AvgIpc) is 3.27. The van der Waals surface area contributed by atoms with Gasteiger partial charge in [-0.1, -0.05) is 30.7 Å². The Bertz CT molecular complexity index is 1160. The summed E-state index contributed by atoms with van der Waals surface area (Å²) in [5.74, 6) is 1.18. The molecule has 0 saturated heterocycles. The van der Waals surface area contributed by atoms with Gasteiger partial charge in [0.1, 0.15) is 22.3 Å². The van der Waals surface area contributed by atoms with Crippen LogP contribution in [0.25, 0.3) is 22.6 Å². The van der Waals surface area contributed by atoms with E-state index in [2.05, 4.69) is 15.0 Å². The maximum atomic E-state index is 13.1. The first-order valence-corrected chi connectivity index (χ1v) is 9.45. The first-order chi connectivity index (χ1) is 13.9. The Labute approximate surface area is 169 Å². The second-order valence-corrected chi connectivity index (χ2v) is 7.00. The van der Waals surface area contributed by atoms with E-state index >= 15 is 0 Å². The van der Waals surface area contributed by atoms with Crippen LogP contribution in [0.1, 0.15) is 24.7 Å². The zero-order valence-electron chi connectivity index (χ0n) is 15.5. The van der Waals surface area contributed by atoms with Crippen molar-refractivity contribution in [2.24, 2.45) is 0 Å². The predicted octanol–water partition coefficient (Wildman–Crippen LogP) is 5.43. The third-order valence-electron chi connectivity index (χ3n) is 4.56. The molecule has 3 heterocycles. The Morgan fingerprint density at radius 3 is 2.69 bits per heavy atom. The van der Waals surface area contributed by atoms with Crippen molar-refractivity contribution in [2.75, 3.05) is 0 Å². The van der Waals surface area contributed by atoms with Crippen LogP contribution in [0, 0.1) is 0 Å². The number of alkyl halides is 3. The van der Waals surface area contributed by atoms with Crippen LogP contribution in [0.3, 0.4) is 0 Å². The molecule has 0 fully saturated rings. The summed E-state index contributed by atoms with van der Waals surface area (Å²) in [4.78, 5) is 13.3. The molecule has 0 saturated carbocycles. The molecule has 4 rings (SSSR count). The van der Waals surface area contributed by atoms with E-state index in [-0.39, 0.29) is 0 Å². The first-order valence-electron chi connectivity index (χ1n) is 9.07. The summed E-state index contributed by atoms with van der Waals surface area (Å²) < 4.78 is 43.0. The fourth-order valence-electron chi connectivity index (χ4n) is 3.29. The quantitative estimate of drug-likeness (QED) is 0.405. The van der Waals surface area contributed by atoms with Crippen molar-refractivity contribution in [2.45, 2.75) is 32.6 Å². The third kappa shape index (κ3) is 3.85. The second-order valence-electron chi connectivity index (χ2n) is 6.61. The van der Waals surface area contributed by atoms with E-state index in [1.807, 2.05) is 17.6 Å². The van der Waals surface area contributed by atoms with Gasteiger partial charge in [-0.15, -0.1) is 0 Å². The summed E-state index contributed by atoms with van der Waals surface area (Å²) >= 11 is 6.04. The lowest BCUT2D eigenvalue weighted by Crippen LogP contribution is -2.10. The number of pyridine rings is 1. The van der Waals surface area contributed by atoms with Gasteiger partial charge in [-0.2, -0.15) is 13.2 Å². The van der Waals surface area contributed by atoms with Crippen LogP contribution >= 0.6 is 11.6 Å². The number of imidazole rings is 2. The van der Waals surface area contributed by atoms with Gasteiger partial charge >= 0.3 is 6.18 Å². The summed E-state index contributed by atoms with van der Waals surface area (Å²) in [6.45, 7) is 3.10. The lowest BCUT2D eigenvalue weighted by Gasteiger charge is -2.12. The molecule has 3 aromatic heterocycles. The molecule has 0 radical (unpaired) electrons. The average molecular weight is 420 g/mol. The lowest BCUT2D eigenvalue weighted by atomic mass is 10.1. The maximum absolute atomic E-state index is 13.1. The fourth-order valence-corrected chi connectivity index (χ4v) is 3.43. The molecule has 9 heteroatoms. The molecule has 0 spiro atoms. The van der Waals surface area contributed by atoms with Crippen molar-refractivity contribution in [1.29, 1.82) is 0 Å². The zero-order chi connectivity index (χ0) is 20.6. The van der Waals surface area contributed by atoms with E-state index in [9.17, 15) is 13.2 Å². The normalized spacial score (nSPS) is 12.0. The number of halogens is 4. The molecular formula is C20H17ClF3N5. The molecule has 0 atom stereocenters. The number of rotatable bonds is 5. The number of aromatic nitrogens is 5. The van der Waals surface area contributed by atoms with E-state index in [0.29, 0.717) is 35.3 Å². The standard InChI is InChI=1S/C20H17ClF3N5/c1-2-9-29-17(26-15-6-7-16(21)27-19(15)29)12-28-10-8-25-18(28)13-4-3-5-14(11-13)20(22,23)24/h3-8,10-11H,2,9,12H2,1H3. The van der Waals surface area contributed by atoms with Gasteiger partial charge in [-0.05, 0) is 30.7 Å². The molecule has 4 aromatic rings. The zero-order valence-corrected chi connectivity index (χ0v) is 16.2.